The van der Waals surface area contributed by atoms with E-state index in [9.17, 15) is 13.2 Å². The number of hydrogen-bond donors (Lipinski definition) is 0. The highest BCUT2D eigenvalue weighted by Gasteiger charge is 2.32. The first-order valence-electron chi connectivity index (χ1n) is 6.57. The van der Waals surface area contributed by atoms with Gasteiger partial charge in [0, 0.05) is 18.7 Å². The van der Waals surface area contributed by atoms with Gasteiger partial charge in [0.15, 0.2) is 5.78 Å². The van der Waals surface area contributed by atoms with Crippen molar-refractivity contribution in [2.24, 2.45) is 0 Å². The van der Waals surface area contributed by atoms with E-state index in [1.807, 2.05) is 13.8 Å². The Morgan fingerprint density at radius 3 is 2.10 bits per heavy atom. The van der Waals surface area contributed by atoms with E-state index in [1.54, 1.807) is 12.1 Å². The topological polar surface area (TPSA) is 63.7 Å². The SMILES string of the molecule is CC(=O)c1ccc(S(=O)(=O)N2C[C@@H](C)O[C@@H](C)C2)cc1. The van der Waals surface area contributed by atoms with Crippen molar-refractivity contribution in [1.29, 1.82) is 0 Å². The van der Waals surface area contributed by atoms with Crippen LogP contribution in [0.25, 0.3) is 0 Å². The number of sulfonamides is 1. The molecule has 110 valence electrons. The molecule has 1 aliphatic rings. The van der Waals surface area contributed by atoms with Crippen LogP contribution in [0.3, 0.4) is 0 Å². The van der Waals surface area contributed by atoms with Crippen molar-refractivity contribution >= 4 is 15.8 Å². The van der Waals surface area contributed by atoms with Gasteiger partial charge < -0.3 is 4.74 Å². The van der Waals surface area contributed by atoms with Crippen LogP contribution < -0.4 is 0 Å². The predicted molar refractivity (Wildman–Crippen MR) is 75.2 cm³/mol. The monoisotopic (exact) mass is 297 g/mol. The fraction of sp³-hybridized carbons (Fsp3) is 0.500. The number of carbonyl (C=O) groups excluding carboxylic acids is 1. The molecule has 0 unspecified atom stereocenters. The zero-order chi connectivity index (χ0) is 14.9. The van der Waals surface area contributed by atoms with E-state index >= 15 is 0 Å². The molecule has 0 aromatic heterocycles. The number of ketones is 1. The number of ether oxygens (including phenoxy) is 1. The smallest absolute Gasteiger partial charge is 0.243 e. The summed E-state index contributed by atoms with van der Waals surface area (Å²) in [6, 6.07) is 6.05. The number of hydrogen-bond acceptors (Lipinski definition) is 4. The molecule has 5 nitrogen and oxygen atoms in total. The quantitative estimate of drug-likeness (QED) is 0.796. The number of carbonyl (C=O) groups is 1. The van der Waals surface area contributed by atoms with E-state index in [1.165, 1.54) is 23.4 Å². The van der Waals surface area contributed by atoms with E-state index in [0.717, 1.165) is 0 Å². The Kier molecular flexibility index (Phi) is 4.27. The normalized spacial score (nSPS) is 24.6. The fourth-order valence-corrected chi connectivity index (χ4v) is 3.93. The minimum atomic E-state index is -3.53. The van der Waals surface area contributed by atoms with Gasteiger partial charge in [0.1, 0.15) is 0 Å². The summed E-state index contributed by atoms with van der Waals surface area (Å²) in [5.41, 5.74) is 0.507. The van der Waals surface area contributed by atoms with Crippen LogP contribution in [0.15, 0.2) is 29.2 Å². The largest absolute Gasteiger partial charge is 0.373 e. The Labute approximate surface area is 119 Å². The van der Waals surface area contributed by atoms with Gasteiger partial charge in [0.25, 0.3) is 0 Å². The van der Waals surface area contributed by atoms with E-state index in [0.29, 0.717) is 18.7 Å². The second-order valence-electron chi connectivity index (χ2n) is 5.16. The van der Waals surface area contributed by atoms with Crippen LogP contribution in [0.2, 0.25) is 0 Å². The van der Waals surface area contributed by atoms with Crippen LogP contribution in [0, 0.1) is 0 Å². The molecule has 0 N–H and O–H groups in total. The van der Waals surface area contributed by atoms with Crippen molar-refractivity contribution in [3.63, 3.8) is 0 Å². The third-order valence-corrected chi connectivity index (χ3v) is 5.13. The number of morpholine rings is 1. The molecular formula is C14H19NO4S. The van der Waals surface area contributed by atoms with Gasteiger partial charge in [-0.2, -0.15) is 4.31 Å². The summed E-state index contributed by atoms with van der Waals surface area (Å²) in [6.45, 7) is 5.87. The summed E-state index contributed by atoms with van der Waals surface area (Å²) < 4.78 is 32.1. The summed E-state index contributed by atoms with van der Waals surface area (Å²) in [6.07, 6.45) is -0.241. The summed E-state index contributed by atoms with van der Waals surface area (Å²) in [4.78, 5) is 11.4. The van der Waals surface area contributed by atoms with E-state index in [4.69, 9.17) is 4.74 Å². The van der Waals surface area contributed by atoms with Crippen molar-refractivity contribution in [3.8, 4) is 0 Å². The molecule has 0 aliphatic carbocycles. The average molecular weight is 297 g/mol. The molecule has 2 rings (SSSR count). The standard InChI is InChI=1S/C14H19NO4S/c1-10-8-15(9-11(2)19-10)20(17,18)14-6-4-13(5-7-14)12(3)16/h4-7,10-11H,8-9H2,1-3H3/t10-,11+. The van der Waals surface area contributed by atoms with Crippen molar-refractivity contribution in [2.75, 3.05) is 13.1 Å². The second-order valence-corrected chi connectivity index (χ2v) is 7.10. The molecule has 0 saturated carbocycles. The molecule has 0 radical (unpaired) electrons. The van der Waals surface area contributed by atoms with E-state index < -0.39 is 10.0 Å². The maximum absolute atomic E-state index is 12.5. The molecule has 1 aromatic carbocycles. The van der Waals surface area contributed by atoms with Crippen molar-refractivity contribution < 1.29 is 17.9 Å². The summed E-state index contributed by atoms with van der Waals surface area (Å²) in [5, 5.41) is 0. The van der Waals surface area contributed by atoms with Gasteiger partial charge in [-0.15, -0.1) is 0 Å². The van der Waals surface area contributed by atoms with Crippen LogP contribution in [-0.4, -0.2) is 43.8 Å². The Morgan fingerprint density at radius 2 is 1.65 bits per heavy atom. The molecule has 2 atom stereocenters. The first-order valence-corrected chi connectivity index (χ1v) is 8.01. The zero-order valence-electron chi connectivity index (χ0n) is 11.9. The van der Waals surface area contributed by atoms with Gasteiger partial charge in [0.2, 0.25) is 10.0 Å². The maximum Gasteiger partial charge on any atom is 0.243 e. The number of Topliss-reactive ketones (excluding diaryl/α,β-unsaturated/α-hetero) is 1. The number of nitrogens with zero attached hydrogens (tertiary/aromatic N) is 1. The molecule has 0 bridgehead atoms. The first-order chi connectivity index (χ1) is 9.30. The third kappa shape index (κ3) is 3.08. The van der Waals surface area contributed by atoms with Gasteiger partial charge in [-0.3, -0.25) is 4.79 Å². The van der Waals surface area contributed by atoms with Crippen LogP contribution in [0.5, 0.6) is 0 Å². The van der Waals surface area contributed by atoms with Gasteiger partial charge in [-0.25, -0.2) is 8.42 Å². The van der Waals surface area contributed by atoms with E-state index in [-0.39, 0.29) is 22.9 Å². The lowest BCUT2D eigenvalue weighted by Crippen LogP contribution is -2.48. The minimum absolute atomic E-state index is 0.0810. The van der Waals surface area contributed by atoms with Crippen molar-refractivity contribution in [2.45, 2.75) is 37.9 Å². The maximum atomic E-state index is 12.5. The number of rotatable bonds is 3. The summed E-state index contributed by atoms with van der Waals surface area (Å²) >= 11 is 0. The lowest BCUT2D eigenvalue weighted by Gasteiger charge is -2.34. The van der Waals surface area contributed by atoms with Gasteiger partial charge >= 0.3 is 0 Å². The fourth-order valence-electron chi connectivity index (χ4n) is 2.34. The second kappa shape index (κ2) is 5.63. The number of benzene rings is 1. The van der Waals surface area contributed by atoms with Crippen LogP contribution in [0.4, 0.5) is 0 Å². The molecule has 1 fully saturated rings. The highest BCUT2D eigenvalue weighted by atomic mass is 32.2. The lowest BCUT2D eigenvalue weighted by molar-refractivity contribution is -0.0440. The lowest BCUT2D eigenvalue weighted by atomic mass is 10.2. The Hall–Kier alpha value is -1.24. The Bertz CT molecular complexity index is 584. The third-order valence-electron chi connectivity index (χ3n) is 3.28. The Morgan fingerprint density at radius 1 is 1.15 bits per heavy atom. The highest BCUT2D eigenvalue weighted by Crippen LogP contribution is 2.21. The summed E-state index contributed by atoms with van der Waals surface area (Å²) in [5.74, 6) is -0.0810. The van der Waals surface area contributed by atoms with Crippen molar-refractivity contribution in [3.05, 3.63) is 29.8 Å². The van der Waals surface area contributed by atoms with Gasteiger partial charge in [-0.1, -0.05) is 12.1 Å². The van der Waals surface area contributed by atoms with Crippen LogP contribution >= 0.6 is 0 Å². The molecule has 6 heteroatoms. The predicted octanol–water partition coefficient (Wildman–Crippen LogP) is 1.69. The molecule has 0 spiro atoms. The van der Waals surface area contributed by atoms with Crippen LogP contribution in [0.1, 0.15) is 31.1 Å². The molecule has 1 heterocycles. The average Bonchev–Trinajstić information content (AvgIpc) is 2.37. The molecular weight excluding hydrogens is 278 g/mol. The molecule has 20 heavy (non-hydrogen) atoms. The first kappa shape index (κ1) is 15.2. The minimum Gasteiger partial charge on any atom is -0.373 e. The molecule has 1 aliphatic heterocycles. The van der Waals surface area contributed by atoms with Gasteiger partial charge in [-0.05, 0) is 32.9 Å². The Balaban J connectivity index is 2.27. The molecule has 1 saturated heterocycles. The van der Waals surface area contributed by atoms with Crippen molar-refractivity contribution in [1.82, 2.24) is 4.31 Å². The summed E-state index contributed by atoms with van der Waals surface area (Å²) in [7, 11) is -3.53. The zero-order valence-corrected chi connectivity index (χ0v) is 12.7. The molecule has 0 amide bonds. The highest BCUT2D eigenvalue weighted by molar-refractivity contribution is 7.89. The van der Waals surface area contributed by atoms with Gasteiger partial charge in [0.05, 0.1) is 17.1 Å². The van der Waals surface area contributed by atoms with Crippen LogP contribution in [-0.2, 0) is 14.8 Å². The van der Waals surface area contributed by atoms with E-state index in [2.05, 4.69) is 0 Å². The molecule has 1 aromatic rings.